The first kappa shape index (κ1) is 19.9. The zero-order valence-electron chi connectivity index (χ0n) is 15.0. The molecule has 1 aliphatic rings. The Labute approximate surface area is 154 Å². The first-order valence-electron chi connectivity index (χ1n) is 8.88. The van der Waals surface area contributed by atoms with Gasteiger partial charge in [-0.25, -0.2) is 4.39 Å². The van der Waals surface area contributed by atoms with E-state index < -0.39 is 0 Å². The summed E-state index contributed by atoms with van der Waals surface area (Å²) >= 11 is 6.07. The van der Waals surface area contributed by atoms with Crippen LogP contribution in [-0.4, -0.2) is 62.8 Å². The van der Waals surface area contributed by atoms with Gasteiger partial charge in [-0.05, 0) is 38.0 Å². The number of nitrogens with zero attached hydrogens (tertiary/aromatic N) is 2. The number of guanidine groups is 1. The van der Waals surface area contributed by atoms with Gasteiger partial charge in [-0.2, -0.15) is 0 Å². The SMILES string of the molecule is CCNC(=NCC(C)N1CCOCC1)NCCc1ccc(F)cc1Cl. The predicted octanol–water partition coefficient (Wildman–Crippen LogP) is 2.30. The zero-order valence-corrected chi connectivity index (χ0v) is 15.8. The van der Waals surface area contributed by atoms with Crippen LogP contribution in [-0.2, 0) is 11.2 Å². The summed E-state index contributed by atoms with van der Waals surface area (Å²) in [5.74, 6) is 0.481. The highest BCUT2D eigenvalue weighted by Gasteiger charge is 2.16. The Bertz CT molecular complexity index is 564. The fraction of sp³-hybridized carbons (Fsp3) is 0.611. The molecule has 7 heteroatoms. The normalized spacial score (nSPS) is 17.4. The lowest BCUT2D eigenvalue weighted by molar-refractivity contribution is 0.0220. The second-order valence-electron chi connectivity index (χ2n) is 6.13. The Morgan fingerprint density at radius 1 is 1.36 bits per heavy atom. The van der Waals surface area contributed by atoms with E-state index in [-0.39, 0.29) is 5.82 Å². The van der Waals surface area contributed by atoms with E-state index in [2.05, 4.69) is 27.4 Å². The molecule has 0 amide bonds. The van der Waals surface area contributed by atoms with Gasteiger partial charge in [0.25, 0.3) is 0 Å². The summed E-state index contributed by atoms with van der Waals surface area (Å²) in [5, 5.41) is 7.03. The number of benzene rings is 1. The molecule has 0 aromatic heterocycles. The highest BCUT2D eigenvalue weighted by molar-refractivity contribution is 6.31. The number of hydrogen-bond donors (Lipinski definition) is 2. The van der Waals surface area contributed by atoms with Crippen molar-refractivity contribution in [1.82, 2.24) is 15.5 Å². The van der Waals surface area contributed by atoms with Crippen molar-refractivity contribution in [3.05, 3.63) is 34.6 Å². The smallest absolute Gasteiger partial charge is 0.191 e. The molecule has 0 bridgehead atoms. The summed E-state index contributed by atoms with van der Waals surface area (Å²) in [7, 11) is 0. The van der Waals surface area contributed by atoms with Gasteiger partial charge in [-0.3, -0.25) is 9.89 Å². The number of halogens is 2. The van der Waals surface area contributed by atoms with Crippen molar-refractivity contribution in [1.29, 1.82) is 0 Å². The number of rotatable bonds is 7. The molecule has 1 heterocycles. The maximum absolute atomic E-state index is 13.1. The van der Waals surface area contributed by atoms with Crippen LogP contribution < -0.4 is 10.6 Å². The van der Waals surface area contributed by atoms with E-state index in [1.54, 1.807) is 6.07 Å². The number of hydrogen-bond acceptors (Lipinski definition) is 3. The van der Waals surface area contributed by atoms with Gasteiger partial charge in [0.05, 0.1) is 19.8 Å². The van der Waals surface area contributed by atoms with Gasteiger partial charge in [-0.1, -0.05) is 17.7 Å². The van der Waals surface area contributed by atoms with Crippen LogP contribution in [0, 0.1) is 5.82 Å². The van der Waals surface area contributed by atoms with E-state index in [0.717, 1.165) is 50.9 Å². The average molecular weight is 371 g/mol. The first-order valence-corrected chi connectivity index (χ1v) is 9.26. The van der Waals surface area contributed by atoms with E-state index in [1.165, 1.54) is 12.1 Å². The molecule has 1 fully saturated rings. The lowest BCUT2D eigenvalue weighted by atomic mass is 10.1. The maximum Gasteiger partial charge on any atom is 0.191 e. The maximum atomic E-state index is 13.1. The number of morpholine rings is 1. The van der Waals surface area contributed by atoms with E-state index in [1.807, 2.05) is 6.92 Å². The minimum Gasteiger partial charge on any atom is -0.379 e. The molecule has 1 aliphatic heterocycles. The minimum atomic E-state index is -0.311. The van der Waals surface area contributed by atoms with Crippen molar-refractivity contribution in [3.8, 4) is 0 Å². The van der Waals surface area contributed by atoms with E-state index in [0.29, 0.717) is 24.0 Å². The van der Waals surface area contributed by atoms with Gasteiger partial charge in [-0.15, -0.1) is 0 Å². The predicted molar refractivity (Wildman–Crippen MR) is 101 cm³/mol. The summed E-state index contributed by atoms with van der Waals surface area (Å²) in [4.78, 5) is 7.07. The third-order valence-electron chi connectivity index (χ3n) is 4.23. The van der Waals surface area contributed by atoms with Crippen LogP contribution >= 0.6 is 11.6 Å². The van der Waals surface area contributed by atoms with E-state index >= 15 is 0 Å². The standard InChI is InChI=1S/C18H28ClFN4O/c1-3-21-18(23-13-14(2)24-8-10-25-11-9-24)22-7-6-15-4-5-16(20)12-17(15)19/h4-5,12,14H,3,6-11,13H2,1-2H3,(H2,21,22,23). The number of ether oxygens (including phenoxy) is 1. The van der Waals surface area contributed by atoms with Crippen LogP contribution in [0.4, 0.5) is 4.39 Å². The summed E-state index contributed by atoms with van der Waals surface area (Å²) in [6.45, 7) is 9.96. The molecule has 140 valence electrons. The van der Waals surface area contributed by atoms with Crippen LogP contribution in [0.1, 0.15) is 19.4 Å². The van der Waals surface area contributed by atoms with Crippen molar-refractivity contribution >= 4 is 17.6 Å². The minimum absolute atomic E-state index is 0.311. The lowest BCUT2D eigenvalue weighted by Crippen LogP contribution is -2.44. The monoisotopic (exact) mass is 370 g/mol. The molecule has 1 aromatic carbocycles. The van der Waals surface area contributed by atoms with Crippen LogP contribution in [0.2, 0.25) is 5.02 Å². The Kier molecular flexibility index (Phi) is 8.44. The zero-order chi connectivity index (χ0) is 18.1. The topological polar surface area (TPSA) is 48.9 Å². The molecule has 1 atom stereocenters. The van der Waals surface area contributed by atoms with Crippen molar-refractivity contribution in [2.75, 3.05) is 45.9 Å². The van der Waals surface area contributed by atoms with Gasteiger partial charge in [0.15, 0.2) is 5.96 Å². The second kappa shape index (κ2) is 10.6. The average Bonchev–Trinajstić information content (AvgIpc) is 2.62. The quantitative estimate of drug-likeness (QED) is 0.571. The molecule has 1 aromatic rings. The van der Waals surface area contributed by atoms with Crippen LogP contribution in [0.3, 0.4) is 0 Å². The molecule has 1 unspecified atom stereocenters. The Balaban J connectivity index is 1.82. The molecule has 0 radical (unpaired) electrons. The third kappa shape index (κ3) is 6.80. The molecule has 0 aliphatic carbocycles. The van der Waals surface area contributed by atoms with E-state index in [9.17, 15) is 4.39 Å². The molecule has 25 heavy (non-hydrogen) atoms. The summed E-state index contributed by atoms with van der Waals surface area (Å²) in [6.07, 6.45) is 0.711. The van der Waals surface area contributed by atoms with Crippen LogP contribution in [0.25, 0.3) is 0 Å². The molecule has 2 N–H and O–H groups in total. The van der Waals surface area contributed by atoms with Crippen molar-refractivity contribution in [3.63, 3.8) is 0 Å². The molecule has 0 spiro atoms. The van der Waals surface area contributed by atoms with Crippen molar-refractivity contribution in [2.24, 2.45) is 4.99 Å². The van der Waals surface area contributed by atoms with Crippen LogP contribution in [0.15, 0.2) is 23.2 Å². The number of nitrogens with one attached hydrogen (secondary N) is 2. The molecule has 0 saturated carbocycles. The van der Waals surface area contributed by atoms with Gasteiger partial charge in [0, 0.05) is 37.2 Å². The molecular weight excluding hydrogens is 343 g/mol. The summed E-state index contributed by atoms with van der Waals surface area (Å²) < 4.78 is 18.5. The van der Waals surface area contributed by atoms with Crippen molar-refractivity contribution < 1.29 is 9.13 Å². The van der Waals surface area contributed by atoms with Gasteiger partial charge >= 0.3 is 0 Å². The van der Waals surface area contributed by atoms with E-state index in [4.69, 9.17) is 16.3 Å². The Morgan fingerprint density at radius 3 is 2.80 bits per heavy atom. The van der Waals surface area contributed by atoms with Gasteiger partial charge < -0.3 is 15.4 Å². The summed E-state index contributed by atoms with van der Waals surface area (Å²) in [6, 6.07) is 4.89. The summed E-state index contributed by atoms with van der Waals surface area (Å²) in [5.41, 5.74) is 0.924. The Hall–Kier alpha value is -1.37. The first-order chi connectivity index (χ1) is 12.1. The van der Waals surface area contributed by atoms with Crippen molar-refractivity contribution in [2.45, 2.75) is 26.3 Å². The van der Waals surface area contributed by atoms with Gasteiger partial charge in [0.1, 0.15) is 5.82 Å². The van der Waals surface area contributed by atoms with Crippen LogP contribution in [0.5, 0.6) is 0 Å². The highest BCUT2D eigenvalue weighted by Crippen LogP contribution is 2.17. The largest absolute Gasteiger partial charge is 0.379 e. The molecular formula is C18H28ClFN4O. The molecule has 5 nitrogen and oxygen atoms in total. The number of aliphatic imine (C=N–C) groups is 1. The second-order valence-corrected chi connectivity index (χ2v) is 6.54. The fourth-order valence-electron chi connectivity index (χ4n) is 2.74. The molecule has 1 saturated heterocycles. The Morgan fingerprint density at radius 2 is 2.12 bits per heavy atom. The van der Waals surface area contributed by atoms with Gasteiger partial charge in [0.2, 0.25) is 0 Å². The lowest BCUT2D eigenvalue weighted by Gasteiger charge is -2.31. The molecule has 2 rings (SSSR count). The highest BCUT2D eigenvalue weighted by atomic mass is 35.5. The fourth-order valence-corrected chi connectivity index (χ4v) is 3.00. The third-order valence-corrected chi connectivity index (χ3v) is 4.58.